The van der Waals surface area contributed by atoms with Crippen LogP contribution in [-0.4, -0.2) is 15.7 Å². The van der Waals surface area contributed by atoms with Crippen LogP contribution in [0.2, 0.25) is 5.02 Å². The Kier molecular flexibility index (Phi) is 4.78. The zero-order chi connectivity index (χ0) is 15.4. The highest BCUT2D eigenvalue weighted by Gasteiger charge is 2.22. The van der Waals surface area contributed by atoms with E-state index in [0.29, 0.717) is 11.6 Å². The van der Waals surface area contributed by atoms with E-state index in [1.165, 1.54) is 6.42 Å². The summed E-state index contributed by atoms with van der Waals surface area (Å²) in [6.07, 6.45) is 7.23. The first-order valence-corrected chi connectivity index (χ1v) is 8.18. The second-order valence-electron chi connectivity index (χ2n) is 5.79. The molecule has 3 rings (SSSR count). The molecule has 0 radical (unpaired) electrons. The average molecular weight is 318 g/mol. The van der Waals surface area contributed by atoms with Crippen molar-refractivity contribution in [2.45, 2.75) is 38.6 Å². The van der Waals surface area contributed by atoms with Gasteiger partial charge in [-0.15, -0.1) is 0 Å². The van der Waals surface area contributed by atoms with Gasteiger partial charge in [0, 0.05) is 17.0 Å². The highest BCUT2D eigenvalue weighted by molar-refractivity contribution is 6.31. The van der Waals surface area contributed by atoms with Crippen molar-refractivity contribution in [2.24, 2.45) is 5.92 Å². The van der Waals surface area contributed by atoms with Gasteiger partial charge < -0.3 is 5.32 Å². The molecule has 5 heteroatoms. The fraction of sp³-hybridized carbons (Fsp3) is 0.412. The number of anilines is 1. The largest absolute Gasteiger partial charge is 0.311 e. The number of halogens is 1. The van der Waals surface area contributed by atoms with Crippen molar-refractivity contribution in [2.75, 3.05) is 5.32 Å². The first kappa shape index (κ1) is 15.1. The molecule has 1 aliphatic carbocycles. The van der Waals surface area contributed by atoms with E-state index in [2.05, 4.69) is 10.4 Å². The van der Waals surface area contributed by atoms with E-state index < -0.39 is 0 Å². The molecule has 0 spiro atoms. The smallest absolute Gasteiger partial charge is 0.228 e. The number of carbonyl (C=O) groups is 1. The number of carbonyl (C=O) groups excluding carboxylic acids is 1. The summed E-state index contributed by atoms with van der Waals surface area (Å²) in [5.74, 6) is 0.980. The summed E-state index contributed by atoms with van der Waals surface area (Å²) in [4.78, 5) is 12.4. The molecule has 0 unspecified atom stereocenters. The Morgan fingerprint density at radius 3 is 2.77 bits per heavy atom. The molecule has 0 atom stereocenters. The number of nitrogens with zero attached hydrogens (tertiary/aromatic N) is 2. The van der Waals surface area contributed by atoms with Gasteiger partial charge in [0.05, 0.1) is 12.7 Å². The zero-order valence-corrected chi connectivity index (χ0v) is 13.2. The van der Waals surface area contributed by atoms with E-state index in [0.717, 1.165) is 37.1 Å². The van der Waals surface area contributed by atoms with Gasteiger partial charge in [-0.25, -0.2) is 4.68 Å². The van der Waals surface area contributed by atoms with E-state index in [9.17, 15) is 4.79 Å². The van der Waals surface area contributed by atoms with Gasteiger partial charge >= 0.3 is 0 Å². The molecular weight excluding hydrogens is 298 g/mol. The first-order chi connectivity index (χ1) is 10.7. The second kappa shape index (κ2) is 6.97. The quantitative estimate of drug-likeness (QED) is 0.922. The number of hydrogen-bond donors (Lipinski definition) is 1. The number of hydrogen-bond acceptors (Lipinski definition) is 2. The molecule has 0 saturated heterocycles. The third kappa shape index (κ3) is 3.50. The van der Waals surface area contributed by atoms with Crippen LogP contribution in [0.5, 0.6) is 0 Å². The minimum atomic E-state index is 0.112. The summed E-state index contributed by atoms with van der Waals surface area (Å²) in [6, 6.07) is 9.51. The Labute approximate surface area is 135 Å². The highest BCUT2D eigenvalue weighted by atomic mass is 35.5. The van der Waals surface area contributed by atoms with Gasteiger partial charge in [-0.2, -0.15) is 5.10 Å². The van der Waals surface area contributed by atoms with Crippen LogP contribution >= 0.6 is 11.6 Å². The van der Waals surface area contributed by atoms with Crippen molar-refractivity contribution in [3.05, 3.63) is 47.1 Å². The van der Waals surface area contributed by atoms with Crippen molar-refractivity contribution < 1.29 is 4.79 Å². The molecular formula is C17H20ClN3O. The number of amides is 1. The fourth-order valence-corrected chi connectivity index (χ4v) is 3.14. The van der Waals surface area contributed by atoms with Crippen LogP contribution in [0.1, 0.15) is 37.7 Å². The van der Waals surface area contributed by atoms with Gasteiger partial charge in [-0.1, -0.05) is 49.1 Å². The van der Waals surface area contributed by atoms with E-state index in [1.807, 2.05) is 30.3 Å². The molecule has 1 aromatic carbocycles. The van der Waals surface area contributed by atoms with Crippen molar-refractivity contribution in [3.8, 4) is 0 Å². The first-order valence-electron chi connectivity index (χ1n) is 7.80. The Hall–Kier alpha value is -1.81. The van der Waals surface area contributed by atoms with Crippen LogP contribution in [-0.2, 0) is 11.3 Å². The van der Waals surface area contributed by atoms with Gasteiger partial charge in [0.1, 0.15) is 5.82 Å². The SMILES string of the molecule is O=C(Nc1ccnn1Cc1ccccc1Cl)C1CCCCC1. The maximum Gasteiger partial charge on any atom is 0.228 e. The molecule has 1 amide bonds. The van der Waals surface area contributed by atoms with E-state index in [-0.39, 0.29) is 11.8 Å². The molecule has 4 nitrogen and oxygen atoms in total. The third-order valence-corrected chi connectivity index (χ3v) is 4.59. The number of aromatic nitrogens is 2. The molecule has 1 aromatic heterocycles. The van der Waals surface area contributed by atoms with Crippen LogP contribution in [0.15, 0.2) is 36.5 Å². The van der Waals surface area contributed by atoms with Crippen LogP contribution < -0.4 is 5.32 Å². The Morgan fingerprint density at radius 1 is 1.23 bits per heavy atom. The lowest BCUT2D eigenvalue weighted by Gasteiger charge is -2.21. The molecule has 0 bridgehead atoms. The lowest BCUT2D eigenvalue weighted by Crippen LogP contribution is -2.26. The number of rotatable bonds is 4. The minimum absolute atomic E-state index is 0.112. The van der Waals surface area contributed by atoms with Gasteiger partial charge in [0.2, 0.25) is 5.91 Å². The molecule has 1 saturated carbocycles. The summed E-state index contributed by atoms with van der Waals surface area (Å²) in [5, 5.41) is 8.02. The van der Waals surface area contributed by atoms with Gasteiger partial charge in [-0.3, -0.25) is 4.79 Å². The Bertz CT molecular complexity index is 647. The summed E-state index contributed by atoms with van der Waals surface area (Å²) < 4.78 is 1.78. The third-order valence-electron chi connectivity index (χ3n) is 4.22. The van der Waals surface area contributed by atoms with Gasteiger partial charge in [0.25, 0.3) is 0 Å². The van der Waals surface area contributed by atoms with Crippen LogP contribution in [0, 0.1) is 5.92 Å². The maximum atomic E-state index is 12.4. The molecule has 1 N–H and O–H groups in total. The normalized spacial score (nSPS) is 15.7. The molecule has 1 aliphatic rings. The molecule has 116 valence electrons. The van der Waals surface area contributed by atoms with Crippen molar-refractivity contribution in [1.29, 1.82) is 0 Å². The fourth-order valence-electron chi connectivity index (χ4n) is 2.95. The highest BCUT2D eigenvalue weighted by Crippen LogP contribution is 2.25. The lowest BCUT2D eigenvalue weighted by molar-refractivity contribution is -0.120. The molecule has 22 heavy (non-hydrogen) atoms. The number of nitrogens with one attached hydrogen (secondary N) is 1. The van der Waals surface area contributed by atoms with E-state index in [4.69, 9.17) is 11.6 Å². The van der Waals surface area contributed by atoms with Crippen LogP contribution in [0.4, 0.5) is 5.82 Å². The number of benzene rings is 1. The van der Waals surface area contributed by atoms with Crippen LogP contribution in [0.25, 0.3) is 0 Å². The van der Waals surface area contributed by atoms with Crippen molar-refractivity contribution >= 4 is 23.3 Å². The lowest BCUT2D eigenvalue weighted by atomic mass is 9.89. The van der Waals surface area contributed by atoms with E-state index >= 15 is 0 Å². The predicted octanol–water partition coefficient (Wildman–Crippen LogP) is 4.10. The second-order valence-corrected chi connectivity index (χ2v) is 6.20. The van der Waals surface area contributed by atoms with Crippen molar-refractivity contribution in [1.82, 2.24) is 9.78 Å². The summed E-state index contributed by atoms with van der Waals surface area (Å²) in [7, 11) is 0. The Balaban J connectivity index is 1.69. The molecule has 1 fully saturated rings. The van der Waals surface area contributed by atoms with Gasteiger partial charge in [-0.05, 0) is 24.5 Å². The predicted molar refractivity (Wildman–Crippen MR) is 88.0 cm³/mol. The minimum Gasteiger partial charge on any atom is -0.311 e. The summed E-state index contributed by atoms with van der Waals surface area (Å²) in [5.41, 5.74) is 0.987. The standard InChI is InChI=1S/C17H20ClN3O/c18-15-9-5-4-8-14(15)12-21-16(10-11-19-21)20-17(22)13-6-2-1-3-7-13/h4-5,8-11,13H,1-3,6-7,12H2,(H,20,22). The summed E-state index contributed by atoms with van der Waals surface area (Å²) in [6.45, 7) is 0.549. The topological polar surface area (TPSA) is 46.9 Å². The van der Waals surface area contributed by atoms with E-state index in [1.54, 1.807) is 10.9 Å². The van der Waals surface area contributed by atoms with Gasteiger partial charge in [0.15, 0.2) is 0 Å². The Morgan fingerprint density at radius 2 is 2.00 bits per heavy atom. The monoisotopic (exact) mass is 317 g/mol. The summed E-state index contributed by atoms with van der Waals surface area (Å²) >= 11 is 6.19. The molecule has 2 aromatic rings. The zero-order valence-electron chi connectivity index (χ0n) is 12.5. The molecule has 1 heterocycles. The van der Waals surface area contributed by atoms with Crippen molar-refractivity contribution in [3.63, 3.8) is 0 Å². The van der Waals surface area contributed by atoms with Crippen LogP contribution in [0.3, 0.4) is 0 Å². The average Bonchev–Trinajstić information content (AvgIpc) is 2.97. The maximum absolute atomic E-state index is 12.4. The molecule has 0 aliphatic heterocycles.